The van der Waals surface area contributed by atoms with Crippen molar-refractivity contribution in [3.8, 4) is 5.75 Å². The maximum absolute atomic E-state index is 5.92. The first-order valence-corrected chi connectivity index (χ1v) is 8.55. The molecular formula is C16H14Br2N4O. The predicted octanol–water partition coefficient (Wildman–Crippen LogP) is 4.52. The van der Waals surface area contributed by atoms with Crippen LogP contribution in [0.2, 0.25) is 0 Å². The molecule has 0 aliphatic carbocycles. The molecule has 118 valence electrons. The molecule has 5 nitrogen and oxygen atoms in total. The second kappa shape index (κ2) is 7.61. The van der Waals surface area contributed by atoms with Crippen LogP contribution in [0.5, 0.6) is 5.75 Å². The van der Waals surface area contributed by atoms with E-state index in [1.54, 1.807) is 0 Å². The van der Waals surface area contributed by atoms with Crippen LogP contribution in [0, 0.1) is 0 Å². The SMILES string of the molecule is Brc1cc(CNc2ncn[nH]2)cc(Br)c1OCc1ccccc1. The highest BCUT2D eigenvalue weighted by Gasteiger charge is 2.10. The fourth-order valence-corrected chi connectivity index (χ4v) is 3.57. The van der Waals surface area contributed by atoms with E-state index in [1.165, 1.54) is 6.33 Å². The maximum Gasteiger partial charge on any atom is 0.218 e. The third-order valence-corrected chi connectivity index (χ3v) is 4.34. The summed E-state index contributed by atoms with van der Waals surface area (Å²) in [5.41, 5.74) is 2.22. The van der Waals surface area contributed by atoms with Gasteiger partial charge in [0.15, 0.2) is 0 Å². The van der Waals surface area contributed by atoms with E-state index < -0.39 is 0 Å². The van der Waals surface area contributed by atoms with Gasteiger partial charge in [0.05, 0.1) is 8.95 Å². The Morgan fingerprint density at radius 1 is 1.04 bits per heavy atom. The van der Waals surface area contributed by atoms with Crippen molar-refractivity contribution in [2.24, 2.45) is 0 Å². The summed E-state index contributed by atoms with van der Waals surface area (Å²) in [6.45, 7) is 1.15. The molecule has 0 atom stereocenters. The lowest BCUT2D eigenvalue weighted by molar-refractivity contribution is 0.302. The summed E-state index contributed by atoms with van der Waals surface area (Å²) in [7, 11) is 0. The molecule has 0 aliphatic rings. The smallest absolute Gasteiger partial charge is 0.218 e. The Morgan fingerprint density at radius 3 is 2.43 bits per heavy atom. The number of H-pyrrole nitrogens is 1. The molecule has 0 saturated carbocycles. The van der Waals surface area contributed by atoms with Crippen LogP contribution >= 0.6 is 31.9 Å². The van der Waals surface area contributed by atoms with Crippen molar-refractivity contribution < 1.29 is 4.74 Å². The molecule has 2 aromatic carbocycles. The molecule has 0 spiro atoms. The molecule has 7 heteroatoms. The lowest BCUT2D eigenvalue weighted by Gasteiger charge is -2.12. The van der Waals surface area contributed by atoms with Gasteiger partial charge in [-0.05, 0) is 55.1 Å². The minimum Gasteiger partial charge on any atom is -0.487 e. The average Bonchev–Trinajstić information content (AvgIpc) is 3.06. The van der Waals surface area contributed by atoms with Crippen molar-refractivity contribution in [2.75, 3.05) is 5.32 Å². The van der Waals surface area contributed by atoms with Crippen LogP contribution in [0.15, 0.2) is 57.7 Å². The predicted molar refractivity (Wildman–Crippen MR) is 96.3 cm³/mol. The van der Waals surface area contributed by atoms with Crippen LogP contribution < -0.4 is 10.1 Å². The number of rotatable bonds is 6. The van der Waals surface area contributed by atoms with E-state index in [2.05, 4.69) is 52.4 Å². The summed E-state index contributed by atoms with van der Waals surface area (Å²) in [5, 5.41) is 9.73. The molecule has 3 rings (SSSR count). The number of hydrogen-bond acceptors (Lipinski definition) is 4. The number of ether oxygens (including phenoxy) is 1. The number of benzene rings is 2. The van der Waals surface area contributed by atoms with Gasteiger partial charge in [-0.1, -0.05) is 30.3 Å². The molecule has 1 heterocycles. The van der Waals surface area contributed by atoms with Crippen molar-refractivity contribution in [3.63, 3.8) is 0 Å². The monoisotopic (exact) mass is 436 g/mol. The number of nitrogens with zero attached hydrogens (tertiary/aromatic N) is 2. The standard InChI is InChI=1S/C16H14Br2N4O/c17-13-6-12(8-19-16-20-10-21-22-16)7-14(18)15(13)23-9-11-4-2-1-3-5-11/h1-7,10H,8-9H2,(H2,19,20,21,22). The number of halogens is 2. The number of aromatic nitrogens is 3. The van der Waals surface area contributed by atoms with E-state index in [-0.39, 0.29) is 0 Å². The molecule has 0 saturated heterocycles. The third-order valence-electron chi connectivity index (χ3n) is 3.16. The van der Waals surface area contributed by atoms with Gasteiger partial charge in [0, 0.05) is 6.54 Å². The van der Waals surface area contributed by atoms with E-state index in [1.807, 2.05) is 42.5 Å². The minimum absolute atomic E-state index is 0.522. The lowest BCUT2D eigenvalue weighted by Crippen LogP contribution is -2.02. The van der Waals surface area contributed by atoms with Gasteiger partial charge in [0.2, 0.25) is 5.95 Å². The fourth-order valence-electron chi connectivity index (χ4n) is 2.06. The fraction of sp³-hybridized carbons (Fsp3) is 0.125. The van der Waals surface area contributed by atoms with Gasteiger partial charge < -0.3 is 10.1 Å². The molecule has 1 aromatic heterocycles. The highest BCUT2D eigenvalue weighted by Crippen LogP contribution is 2.35. The Bertz CT molecular complexity index is 740. The summed E-state index contributed by atoms with van der Waals surface area (Å²) < 4.78 is 7.72. The van der Waals surface area contributed by atoms with Crippen LogP contribution in [0.4, 0.5) is 5.95 Å². The summed E-state index contributed by atoms with van der Waals surface area (Å²) in [4.78, 5) is 4.03. The molecule has 0 bridgehead atoms. The summed E-state index contributed by atoms with van der Waals surface area (Å²) in [5.74, 6) is 1.43. The Balaban J connectivity index is 1.67. The maximum atomic E-state index is 5.92. The third kappa shape index (κ3) is 4.33. The molecule has 0 aliphatic heterocycles. The first kappa shape index (κ1) is 16.0. The zero-order valence-corrected chi connectivity index (χ0v) is 15.3. The largest absolute Gasteiger partial charge is 0.487 e. The Kier molecular flexibility index (Phi) is 5.30. The van der Waals surface area contributed by atoms with Crippen LogP contribution in [0.1, 0.15) is 11.1 Å². The van der Waals surface area contributed by atoms with Gasteiger partial charge in [-0.25, -0.2) is 10.1 Å². The van der Waals surface area contributed by atoms with Crippen LogP contribution in [0.25, 0.3) is 0 Å². The van der Waals surface area contributed by atoms with E-state index in [0.29, 0.717) is 19.1 Å². The van der Waals surface area contributed by atoms with Crippen molar-refractivity contribution in [1.82, 2.24) is 15.2 Å². The second-order valence-electron chi connectivity index (χ2n) is 4.85. The van der Waals surface area contributed by atoms with E-state index >= 15 is 0 Å². The molecular weight excluding hydrogens is 424 g/mol. The van der Waals surface area contributed by atoms with Gasteiger partial charge in [-0.2, -0.15) is 5.10 Å². The van der Waals surface area contributed by atoms with Crippen LogP contribution in [0.3, 0.4) is 0 Å². The van der Waals surface area contributed by atoms with Crippen molar-refractivity contribution in [1.29, 1.82) is 0 Å². The second-order valence-corrected chi connectivity index (χ2v) is 6.56. The lowest BCUT2D eigenvalue weighted by atomic mass is 10.2. The molecule has 23 heavy (non-hydrogen) atoms. The minimum atomic E-state index is 0.522. The van der Waals surface area contributed by atoms with Crippen LogP contribution in [-0.2, 0) is 13.2 Å². The quantitative estimate of drug-likeness (QED) is 0.595. The Hall–Kier alpha value is -1.86. The summed E-state index contributed by atoms with van der Waals surface area (Å²) >= 11 is 7.14. The van der Waals surface area contributed by atoms with Crippen molar-refractivity contribution in [3.05, 3.63) is 68.9 Å². The van der Waals surface area contributed by atoms with Gasteiger partial charge in [0.25, 0.3) is 0 Å². The van der Waals surface area contributed by atoms with Gasteiger partial charge in [-0.3, -0.25) is 0 Å². The molecule has 0 amide bonds. The zero-order valence-electron chi connectivity index (χ0n) is 12.1. The zero-order chi connectivity index (χ0) is 16.1. The van der Waals surface area contributed by atoms with Crippen LogP contribution in [-0.4, -0.2) is 15.2 Å². The highest BCUT2D eigenvalue weighted by atomic mass is 79.9. The number of aromatic amines is 1. The Labute approximate surface area is 150 Å². The normalized spacial score (nSPS) is 10.5. The molecule has 3 aromatic rings. The molecule has 0 fully saturated rings. The van der Waals surface area contributed by atoms with E-state index in [9.17, 15) is 0 Å². The summed E-state index contributed by atoms with van der Waals surface area (Å²) in [6, 6.07) is 14.1. The topological polar surface area (TPSA) is 62.8 Å². The van der Waals surface area contributed by atoms with Crippen molar-refractivity contribution in [2.45, 2.75) is 13.2 Å². The number of anilines is 1. The Morgan fingerprint density at radius 2 is 1.78 bits per heavy atom. The average molecular weight is 438 g/mol. The first-order valence-electron chi connectivity index (χ1n) is 6.96. The molecule has 2 N–H and O–H groups in total. The number of hydrogen-bond donors (Lipinski definition) is 2. The van der Waals surface area contributed by atoms with Gasteiger partial charge >= 0.3 is 0 Å². The summed E-state index contributed by atoms with van der Waals surface area (Å²) in [6.07, 6.45) is 1.47. The molecule has 0 unspecified atom stereocenters. The van der Waals surface area contributed by atoms with Crippen molar-refractivity contribution >= 4 is 37.8 Å². The first-order chi connectivity index (χ1) is 11.2. The van der Waals surface area contributed by atoms with E-state index in [4.69, 9.17) is 4.74 Å². The molecule has 0 radical (unpaired) electrons. The van der Waals surface area contributed by atoms with Gasteiger partial charge in [0.1, 0.15) is 18.7 Å². The van der Waals surface area contributed by atoms with Gasteiger partial charge in [-0.15, -0.1) is 0 Å². The highest BCUT2D eigenvalue weighted by molar-refractivity contribution is 9.11. The number of nitrogens with one attached hydrogen (secondary N) is 2. The van der Waals surface area contributed by atoms with E-state index in [0.717, 1.165) is 25.8 Å².